The van der Waals surface area contributed by atoms with Crippen LogP contribution >= 0.6 is 11.3 Å². The molecule has 1 amide bonds. The average molecular weight is 467 g/mol. The van der Waals surface area contributed by atoms with E-state index < -0.39 is 22.1 Å². The molecule has 1 heterocycles. The van der Waals surface area contributed by atoms with Crippen molar-refractivity contribution in [2.24, 2.45) is 0 Å². The number of nitrogens with zero attached hydrogens (tertiary/aromatic N) is 2. The van der Waals surface area contributed by atoms with Crippen LogP contribution < -0.4 is 14.9 Å². The lowest BCUT2D eigenvalue weighted by Gasteiger charge is -2.10. The van der Waals surface area contributed by atoms with E-state index in [0.717, 1.165) is 23.5 Å². The highest BCUT2D eigenvalue weighted by Gasteiger charge is 2.31. The number of benzene rings is 2. The number of hydrogen-bond donors (Lipinski definition) is 1. The second-order valence-corrected chi connectivity index (χ2v) is 7.63. The molecule has 1 aromatic heterocycles. The predicted molar refractivity (Wildman–Crippen MR) is 110 cm³/mol. The third kappa shape index (κ3) is 5.72. The molecule has 3 rings (SSSR count). The van der Waals surface area contributed by atoms with Crippen molar-refractivity contribution in [3.8, 4) is 5.75 Å². The minimum atomic E-state index is -4.79. The van der Waals surface area contributed by atoms with Gasteiger partial charge >= 0.3 is 11.2 Å². The minimum absolute atomic E-state index is 0.0655. The van der Waals surface area contributed by atoms with Crippen LogP contribution in [0.15, 0.2) is 53.3 Å². The zero-order valence-corrected chi connectivity index (χ0v) is 17.3. The van der Waals surface area contributed by atoms with E-state index in [-0.39, 0.29) is 29.4 Å². The van der Waals surface area contributed by atoms with Crippen molar-refractivity contribution in [1.29, 1.82) is 0 Å². The zero-order chi connectivity index (χ0) is 23.5. The summed E-state index contributed by atoms with van der Waals surface area (Å²) < 4.78 is 42.0. The number of ether oxygens (including phenoxy) is 1. The Morgan fingerprint density at radius 3 is 2.28 bits per heavy atom. The molecular formula is C20H16F3N3O5S. The summed E-state index contributed by atoms with van der Waals surface area (Å²) >= 11 is 0.753. The number of alkyl halides is 3. The van der Waals surface area contributed by atoms with Crippen molar-refractivity contribution in [3.63, 3.8) is 0 Å². The van der Waals surface area contributed by atoms with Gasteiger partial charge in [0.25, 0.3) is 11.6 Å². The van der Waals surface area contributed by atoms with Gasteiger partial charge in [0.1, 0.15) is 10.6 Å². The van der Waals surface area contributed by atoms with E-state index in [4.69, 9.17) is 0 Å². The number of nitro groups is 1. The lowest BCUT2D eigenvalue weighted by molar-refractivity contribution is -0.384. The van der Waals surface area contributed by atoms with E-state index in [1.54, 1.807) is 6.92 Å². The van der Waals surface area contributed by atoms with Crippen molar-refractivity contribution < 1.29 is 27.6 Å². The van der Waals surface area contributed by atoms with Crippen LogP contribution in [0, 0.1) is 17.0 Å². The number of non-ortho nitro benzene ring substituents is 1. The molecule has 32 heavy (non-hydrogen) atoms. The molecule has 8 nitrogen and oxygen atoms in total. The Morgan fingerprint density at radius 2 is 1.72 bits per heavy atom. The number of halogens is 3. The Kier molecular flexibility index (Phi) is 6.63. The van der Waals surface area contributed by atoms with Crippen molar-refractivity contribution >= 4 is 22.9 Å². The number of nitrogens with one attached hydrogen (secondary N) is 1. The summed E-state index contributed by atoms with van der Waals surface area (Å²) in [5.41, 5.74) is 1.55. The Morgan fingerprint density at radius 1 is 1.12 bits per heavy atom. The Hall–Kier alpha value is -3.67. The molecule has 12 heteroatoms. The van der Waals surface area contributed by atoms with Gasteiger partial charge in [0.2, 0.25) is 0 Å². The summed E-state index contributed by atoms with van der Waals surface area (Å²) in [6.45, 7) is 1.78. The summed E-state index contributed by atoms with van der Waals surface area (Å²) in [6, 6.07) is 10.8. The summed E-state index contributed by atoms with van der Waals surface area (Å²) in [6.07, 6.45) is -4.79. The highest BCUT2D eigenvalue weighted by molar-refractivity contribution is 7.11. The maximum atomic E-state index is 12.5. The van der Waals surface area contributed by atoms with Gasteiger partial charge in [-0.25, -0.2) is 0 Å². The maximum Gasteiger partial charge on any atom is 0.573 e. The van der Waals surface area contributed by atoms with Gasteiger partial charge in [-0.1, -0.05) is 35.6 Å². The van der Waals surface area contributed by atoms with Gasteiger partial charge in [-0.05, 0) is 30.2 Å². The molecule has 0 spiro atoms. The van der Waals surface area contributed by atoms with E-state index >= 15 is 0 Å². The Balaban J connectivity index is 1.68. The smallest absolute Gasteiger partial charge is 0.406 e. The van der Waals surface area contributed by atoms with Crippen molar-refractivity contribution in [3.05, 3.63) is 90.0 Å². The largest absolute Gasteiger partial charge is 0.573 e. The topological polar surface area (TPSA) is 103 Å². The van der Waals surface area contributed by atoms with Crippen molar-refractivity contribution in [1.82, 2.24) is 9.88 Å². The molecule has 0 atom stereocenters. The normalized spacial score (nSPS) is 11.2. The molecule has 168 valence electrons. The first-order valence-corrected chi connectivity index (χ1v) is 9.91. The van der Waals surface area contributed by atoms with Gasteiger partial charge in [-0.15, -0.1) is 13.2 Å². The molecule has 0 radical (unpaired) electrons. The lowest BCUT2D eigenvalue weighted by atomic mass is 10.2. The van der Waals surface area contributed by atoms with Gasteiger partial charge < -0.3 is 10.1 Å². The molecular weight excluding hydrogens is 451 g/mol. The SMILES string of the molecule is Cc1c(C(=O)NCc2ccc([N+](=O)[O-])cc2)sc(=O)n1Cc1ccc(OC(F)(F)F)cc1. The van der Waals surface area contributed by atoms with Gasteiger partial charge in [0.05, 0.1) is 11.5 Å². The summed E-state index contributed by atoms with van der Waals surface area (Å²) in [5, 5.41) is 13.4. The van der Waals surface area contributed by atoms with E-state index in [9.17, 15) is 32.9 Å². The fraction of sp³-hybridized carbons (Fsp3) is 0.200. The van der Waals surface area contributed by atoms with Crippen LogP contribution in [-0.4, -0.2) is 21.8 Å². The van der Waals surface area contributed by atoms with E-state index in [2.05, 4.69) is 10.1 Å². The van der Waals surface area contributed by atoms with Gasteiger partial charge in [-0.3, -0.25) is 24.3 Å². The molecule has 0 aliphatic carbocycles. The number of thiazole rings is 1. The van der Waals surface area contributed by atoms with Crippen LogP contribution in [0.2, 0.25) is 0 Å². The third-order valence-corrected chi connectivity index (χ3v) is 5.53. The molecule has 0 bridgehead atoms. The first-order valence-electron chi connectivity index (χ1n) is 9.10. The molecule has 0 aliphatic rings. The number of rotatable bonds is 7. The van der Waals surface area contributed by atoms with Crippen molar-refractivity contribution in [2.45, 2.75) is 26.4 Å². The first-order chi connectivity index (χ1) is 15.0. The number of nitro benzene ring substituents is 1. The second-order valence-electron chi connectivity index (χ2n) is 6.67. The minimum Gasteiger partial charge on any atom is -0.406 e. The van der Waals surface area contributed by atoms with Gasteiger partial charge in [0, 0.05) is 24.4 Å². The third-order valence-electron chi connectivity index (χ3n) is 4.45. The van der Waals surface area contributed by atoms with Crippen LogP contribution in [0.4, 0.5) is 18.9 Å². The number of hydrogen-bond acceptors (Lipinski definition) is 6. The average Bonchev–Trinajstić information content (AvgIpc) is 3.01. The van der Waals surface area contributed by atoms with Crippen LogP contribution in [0.3, 0.4) is 0 Å². The standard InChI is InChI=1S/C20H16F3N3O5S/c1-12-17(18(27)24-10-13-2-6-15(7-3-13)26(29)30)32-19(28)25(12)11-14-4-8-16(9-5-14)31-20(21,22)23/h2-9H,10-11H2,1H3,(H,24,27). The number of aromatic nitrogens is 1. The van der Waals surface area contributed by atoms with Crippen molar-refractivity contribution in [2.75, 3.05) is 0 Å². The molecule has 0 saturated heterocycles. The van der Waals surface area contributed by atoms with Crippen LogP contribution in [-0.2, 0) is 13.1 Å². The van der Waals surface area contributed by atoms with E-state index in [0.29, 0.717) is 16.8 Å². The summed E-state index contributed by atoms with van der Waals surface area (Å²) in [7, 11) is 0. The monoisotopic (exact) mass is 467 g/mol. The molecule has 0 saturated carbocycles. The second kappa shape index (κ2) is 9.22. The van der Waals surface area contributed by atoms with Crippen LogP contribution in [0.5, 0.6) is 5.75 Å². The molecule has 0 unspecified atom stereocenters. The molecule has 2 aromatic carbocycles. The molecule has 0 aliphatic heterocycles. The quantitative estimate of drug-likeness (QED) is 0.418. The highest BCUT2D eigenvalue weighted by Crippen LogP contribution is 2.23. The predicted octanol–water partition coefficient (Wildman–Crippen LogP) is 4.00. The van der Waals surface area contributed by atoms with E-state index in [1.807, 2.05) is 0 Å². The lowest BCUT2D eigenvalue weighted by Crippen LogP contribution is -2.23. The summed E-state index contributed by atoms with van der Waals surface area (Å²) in [5.74, 6) is -0.849. The summed E-state index contributed by atoms with van der Waals surface area (Å²) in [4.78, 5) is 34.9. The van der Waals surface area contributed by atoms with Gasteiger partial charge in [0.15, 0.2) is 0 Å². The van der Waals surface area contributed by atoms with Crippen LogP contribution in [0.1, 0.15) is 26.5 Å². The Labute approximate surface area is 183 Å². The first kappa shape index (κ1) is 23.0. The fourth-order valence-corrected chi connectivity index (χ4v) is 3.76. The highest BCUT2D eigenvalue weighted by atomic mass is 32.1. The number of carbonyl (C=O) groups is 1. The maximum absolute atomic E-state index is 12.5. The molecule has 1 N–H and O–H groups in total. The zero-order valence-electron chi connectivity index (χ0n) is 16.5. The fourth-order valence-electron chi connectivity index (χ4n) is 2.85. The van der Waals surface area contributed by atoms with Gasteiger partial charge in [-0.2, -0.15) is 0 Å². The molecule has 0 fully saturated rings. The van der Waals surface area contributed by atoms with E-state index in [1.165, 1.54) is 41.0 Å². The van der Waals surface area contributed by atoms with Crippen LogP contribution in [0.25, 0.3) is 0 Å². The molecule has 3 aromatic rings. The number of carbonyl (C=O) groups excluding carboxylic acids is 1. The Bertz CT molecular complexity index is 1190. The number of amides is 1.